The predicted octanol–water partition coefficient (Wildman–Crippen LogP) is 4.88. The number of hydrogen-bond donors (Lipinski definition) is 8. The molecule has 4 aromatic carbocycles. The number of hydrogen-bond acceptors (Lipinski definition) is 8. The van der Waals surface area contributed by atoms with E-state index in [1.165, 1.54) is 0 Å². The number of aromatic hydroxyl groups is 4. The number of nitrogens with two attached hydrogens (primary N) is 4. The quantitative estimate of drug-likeness (QED) is 0.111. The molecule has 0 atom stereocenters. The minimum absolute atomic E-state index is 0. The van der Waals surface area contributed by atoms with Gasteiger partial charge in [-0.15, -0.1) is 49.6 Å². The minimum Gasteiger partial charge on any atom is -0.507 e. The van der Waals surface area contributed by atoms with Crippen molar-refractivity contribution in [3.63, 3.8) is 0 Å². The third-order valence-electron chi connectivity index (χ3n) is 8.57. The Morgan fingerprint density at radius 3 is 0.604 bits per heavy atom. The van der Waals surface area contributed by atoms with E-state index in [0.717, 1.165) is 22.3 Å². The van der Waals surface area contributed by atoms with Crippen LogP contribution in [0.25, 0.3) is 0 Å². The maximum atomic E-state index is 11.6. The Hall–Kier alpha value is -2.92. The van der Waals surface area contributed by atoms with Crippen LogP contribution in [0.1, 0.15) is 66.8 Å². The van der Waals surface area contributed by atoms with Crippen molar-refractivity contribution < 1.29 is 20.4 Å². The highest BCUT2D eigenvalue weighted by Gasteiger charge is 2.21. The molecule has 1 aliphatic carbocycles. The van der Waals surface area contributed by atoms with Crippen LogP contribution in [0.3, 0.4) is 0 Å². The number of fused-ring (bicyclic) bond motifs is 8. The normalized spacial score (nSPS) is 11.8. The topological polar surface area (TPSA) is 185 Å². The van der Waals surface area contributed by atoms with E-state index < -0.39 is 0 Å². The Morgan fingerprint density at radius 1 is 0.333 bits per heavy atom. The van der Waals surface area contributed by atoms with Crippen LogP contribution in [-0.4, -0.2) is 46.6 Å². The van der Waals surface area contributed by atoms with Gasteiger partial charge in [-0.25, -0.2) is 0 Å². The summed E-state index contributed by atoms with van der Waals surface area (Å²) in [5, 5.41) is 46.3. The van der Waals surface area contributed by atoms with E-state index >= 15 is 0 Å². The first-order chi connectivity index (χ1) is 21.2. The fraction of sp³-hybridized carbons (Fsp3) is 0.333. The molecule has 0 fully saturated rings. The van der Waals surface area contributed by atoms with Gasteiger partial charge in [0.05, 0.1) is 0 Å². The van der Waals surface area contributed by atoms with Crippen molar-refractivity contribution in [2.24, 2.45) is 22.9 Å². The molecule has 12 N–H and O–H groups in total. The Kier molecular flexibility index (Phi) is 17.3. The molecule has 8 nitrogen and oxygen atoms in total. The van der Waals surface area contributed by atoms with Gasteiger partial charge in [-0.1, -0.05) is 48.5 Å². The molecular weight excluding hydrogens is 694 g/mol. The van der Waals surface area contributed by atoms with Crippen molar-refractivity contribution in [3.05, 3.63) is 115 Å². The van der Waals surface area contributed by atoms with Crippen LogP contribution < -0.4 is 22.9 Å². The molecule has 4 aromatic rings. The predicted molar refractivity (Wildman–Crippen MR) is 204 cm³/mol. The monoisotopic (exact) mass is 740 g/mol. The Bertz CT molecular complexity index is 1350. The van der Waals surface area contributed by atoms with Crippen molar-refractivity contribution >= 4 is 49.6 Å². The van der Waals surface area contributed by atoms with Crippen molar-refractivity contribution in [2.45, 2.75) is 51.4 Å². The second-order valence-corrected chi connectivity index (χ2v) is 11.9. The lowest BCUT2D eigenvalue weighted by molar-refractivity contribution is 0.450. The van der Waals surface area contributed by atoms with E-state index in [0.29, 0.717) is 96.4 Å². The lowest BCUT2D eigenvalue weighted by atomic mass is 9.87. The Balaban J connectivity index is 0.00000288. The van der Waals surface area contributed by atoms with Crippen LogP contribution >= 0.6 is 49.6 Å². The highest BCUT2D eigenvalue weighted by Crippen LogP contribution is 2.39. The SMILES string of the molecule is Cl.Cl.Cl.Cl.NCCc1cc2c(O)c(c1)Cc1cc(CCN)cc(c1O)Cc1cc(CCN)cc(c1O)Cc1cc(CCN)cc(c1O)C2. The van der Waals surface area contributed by atoms with Crippen molar-refractivity contribution in [2.75, 3.05) is 26.2 Å². The number of phenolic OH excluding ortho intramolecular Hbond substituents is 4. The van der Waals surface area contributed by atoms with Gasteiger partial charge in [0, 0.05) is 25.7 Å². The molecule has 0 amide bonds. The summed E-state index contributed by atoms with van der Waals surface area (Å²) >= 11 is 0. The standard InChI is InChI=1S/C36H44N4O4.4ClH/c37-5-1-21-9-25-17-27-11-22(2-6-38)13-29(34(27)42)19-31-15-24(4-8-40)16-32(36(31)44)20-30-14-23(3-7-39)12-28(35(30)43)18-26(10-21)33(25)41;;;;/h9-16,41-44H,1-8,17-20,37-40H2;4*1H. The van der Waals surface area contributed by atoms with E-state index in [9.17, 15) is 20.4 Å². The number of benzene rings is 4. The van der Waals surface area contributed by atoms with E-state index in [4.69, 9.17) is 22.9 Å². The second kappa shape index (κ2) is 19.3. The molecule has 48 heavy (non-hydrogen) atoms. The average molecular weight is 743 g/mol. The number of rotatable bonds is 8. The van der Waals surface area contributed by atoms with Gasteiger partial charge in [-0.2, -0.15) is 0 Å². The van der Waals surface area contributed by atoms with Crippen LogP contribution in [0.15, 0.2) is 48.5 Å². The minimum atomic E-state index is 0. The molecule has 0 aromatic heterocycles. The van der Waals surface area contributed by atoms with Crippen LogP contribution in [0.4, 0.5) is 0 Å². The molecule has 0 saturated heterocycles. The summed E-state index contributed by atoms with van der Waals surface area (Å²) < 4.78 is 0. The van der Waals surface area contributed by atoms with E-state index in [2.05, 4.69) is 0 Å². The first kappa shape index (κ1) is 43.1. The highest BCUT2D eigenvalue weighted by molar-refractivity contribution is 5.86. The summed E-state index contributed by atoms with van der Waals surface area (Å²) in [7, 11) is 0. The van der Waals surface area contributed by atoms with Crippen LogP contribution in [0, 0.1) is 0 Å². The van der Waals surface area contributed by atoms with Crippen molar-refractivity contribution in [1.29, 1.82) is 0 Å². The zero-order chi connectivity index (χ0) is 31.4. The lowest BCUT2D eigenvalue weighted by Gasteiger charge is -2.20. The van der Waals surface area contributed by atoms with Gasteiger partial charge in [0.15, 0.2) is 0 Å². The summed E-state index contributed by atoms with van der Waals surface area (Å²) in [4.78, 5) is 0. The maximum Gasteiger partial charge on any atom is 0.122 e. The molecule has 0 radical (unpaired) electrons. The molecule has 0 aliphatic heterocycles. The van der Waals surface area contributed by atoms with Crippen molar-refractivity contribution in [3.8, 4) is 23.0 Å². The molecule has 0 unspecified atom stereocenters. The second-order valence-electron chi connectivity index (χ2n) is 11.9. The fourth-order valence-corrected chi connectivity index (χ4v) is 6.47. The van der Waals surface area contributed by atoms with E-state index in [1.807, 2.05) is 48.5 Å². The number of halogens is 4. The average Bonchev–Trinajstić information content (AvgIpc) is 2.98. The molecule has 1 aliphatic rings. The smallest absolute Gasteiger partial charge is 0.122 e. The van der Waals surface area contributed by atoms with Gasteiger partial charge in [0.1, 0.15) is 23.0 Å². The number of phenols is 4. The van der Waals surface area contributed by atoms with Gasteiger partial charge in [-0.05, 0) is 119 Å². The van der Waals surface area contributed by atoms with Crippen LogP contribution in [-0.2, 0) is 51.4 Å². The first-order valence-corrected chi connectivity index (χ1v) is 15.4. The van der Waals surface area contributed by atoms with Gasteiger partial charge >= 0.3 is 0 Å². The molecule has 0 heterocycles. The Morgan fingerprint density at radius 2 is 0.479 bits per heavy atom. The van der Waals surface area contributed by atoms with Gasteiger partial charge in [0.2, 0.25) is 0 Å². The molecule has 8 bridgehead atoms. The third-order valence-corrected chi connectivity index (χ3v) is 8.57. The summed E-state index contributed by atoms with van der Waals surface area (Å²) in [6.07, 6.45) is 3.60. The maximum absolute atomic E-state index is 11.6. The Labute approximate surface area is 307 Å². The summed E-state index contributed by atoms with van der Waals surface area (Å²) in [5.74, 6) is 0.509. The molecule has 0 saturated carbocycles. The fourth-order valence-electron chi connectivity index (χ4n) is 6.47. The largest absolute Gasteiger partial charge is 0.507 e. The lowest BCUT2D eigenvalue weighted by Crippen LogP contribution is -2.08. The van der Waals surface area contributed by atoms with E-state index in [-0.39, 0.29) is 98.3 Å². The summed E-state index contributed by atoms with van der Waals surface area (Å²) in [6, 6.07) is 15.5. The molecule has 0 spiro atoms. The zero-order valence-electron chi connectivity index (χ0n) is 26.8. The summed E-state index contributed by atoms with van der Waals surface area (Å²) in [5.41, 5.74) is 32.9. The molecule has 264 valence electrons. The molecule has 5 rings (SSSR count). The molecule has 12 heteroatoms. The van der Waals surface area contributed by atoms with Crippen LogP contribution in [0.2, 0.25) is 0 Å². The third kappa shape index (κ3) is 9.61. The van der Waals surface area contributed by atoms with E-state index in [1.54, 1.807) is 0 Å². The first-order valence-electron chi connectivity index (χ1n) is 15.4. The summed E-state index contributed by atoms with van der Waals surface area (Å²) in [6.45, 7) is 1.78. The van der Waals surface area contributed by atoms with Gasteiger partial charge < -0.3 is 43.4 Å². The highest BCUT2D eigenvalue weighted by atomic mass is 35.5. The van der Waals surface area contributed by atoms with Gasteiger partial charge in [0.25, 0.3) is 0 Å². The van der Waals surface area contributed by atoms with Gasteiger partial charge in [-0.3, -0.25) is 0 Å². The molecular formula is C36H48Cl4N4O4. The zero-order valence-corrected chi connectivity index (χ0v) is 30.1. The van der Waals surface area contributed by atoms with Crippen LogP contribution in [0.5, 0.6) is 23.0 Å². The van der Waals surface area contributed by atoms with Crippen molar-refractivity contribution in [1.82, 2.24) is 0 Å².